The number of nitrogens with one attached hydrogen (secondary N) is 1. The maximum Gasteiger partial charge on any atom is 0.332 e. The number of anilines is 1. The summed E-state index contributed by atoms with van der Waals surface area (Å²) in [5.74, 6) is 0.118. The molecule has 0 bridgehead atoms. The molecule has 0 saturated carbocycles. The Morgan fingerprint density at radius 1 is 1.11 bits per heavy atom. The van der Waals surface area contributed by atoms with Crippen LogP contribution < -0.4 is 16.6 Å². The van der Waals surface area contributed by atoms with Crippen molar-refractivity contribution >= 4 is 33.1 Å². The lowest BCUT2D eigenvalue weighted by molar-refractivity contribution is -0.116. The second kappa shape index (κ2) is 8.56. The van der Waals surface area contributed by atoms with Crippen molar-refractivity contribution in [1.82, 2.24) is 9.13 Å². The third-order valence-electron chi connectivity index (χ3n) is 4.73. The van der Waals surface area contributed by atoms with Crippen LogP contribution in [0.2, 0.25) is 0 Å². The molecule has 7 heteroatoms. The van der Waals surface area contributed by atoms with Gasteiger partial charge in [-0.15, -0.1) is 11.3 Å². The number of unbranched alkanes of at least 4 members (excludes halogenated alkanes) is 1. The van der Waals surface area contributed by atoms with Gasteiger partial charge in [-0.2, -0.15) is 0 Å². The molecule has 6 nitrogen and oxygen atoms in total. The van der Waals surface area contributed by atoms with Gasteiger partial charge < -0.3 is 5.32 Å². The van der Waals surface area contributed by atoms with Gasteiger partial charge in [0.15, 0.2) is 0 Å². The van der Waals surface area contributed by atoms with Crippen LogP contribution in [0.5, 0.6) is 0 Å². The highest BCUT2D eigenvalue weighted by atomic mass is 32.1. The van der Waals surface area contributed by atoms with E-state index < -0.39 is 5.69 Å². The Hall–Kier alpha value is -2.67. The maximum absolute atomic E-state index is 12.9. The molecule has 0 unspecified atom stereocenters. The molecule has 1 aromatic carbocycles. The first-order valence-corrected chi connectivity index (χ1v) is 10.4. The van der Waals surface area contributed by atoms with Crippen LogP contribution in [0.3, 0.4) is 0 Å². The van der Waals surface area contributed by atoms with Gasteiger partial charge in [0.2, 0.25) is 5.91 Å². The Balaban J connectivity index is 1.88. The summed E-state index contributed by atoms with van der Waals surface area (Å²) in [4.78, 5) is 38.0. The minimum absolute atomic E-state index is 0.135. The van der Waals surface area contributed by atoms with Crippen LogP contribution in [0.4, 0.5) is 5.69 Å². The molecule has 0 saturated heterocycles. The fourth-order valence-electron chi connectivity index (χ4n) is 3.09. The van der Waals surface area contributed by atoms with E-state index in [1.165, 1.54) is 26.0 Å². The summed E-state index contributed by atoms with van der Waals surface area (Å²) >= 11 is 1.29. The first-order chi connectivity index (χ1) is 13.4. The molecule has 1 N–H and O–H groups in total. The number of hydrogen-bond donors (Lipinski definition) is 1. The number of aromatic nitrogens is 2. The molecule has 1 amide bonds. The van der Waals surface area contributed by atoms with Gasteiger partial charge in [0.1, 0.15) is 11.2 Å². The lowest BCUT2D eigenvalue weighted by Crippen LogP contribution is -2.41. The molecule has 2 aromatic heterocycles. The first kappa shape index (κ1) is 20.1. The number of nitrogens with zero attached hydrogens (tertiary/aromatic N) is 2. The second-order valence-corrected chi connectivity index (χ2v) is 8.06. The van der Waals surface area contributed by atoms with E-state index in [1.54, 1.807) is 11.4 Å². The van der Waals surface area contributed by atoms with Crippen molar-refractivity contribution in [1.29, 1.82) is 0 Å². The van der Waals surface area contributed by atoms with Crippen molar-refractivity contribution in [2.75, 3.05) is 5.32 Å². The van der Waals surface area contributed by atoms with Gasteiger partial charge in [-0.05, 0) is 41.5 Å². The Morgan fingerprint density at radius 2 is 1.82 bits per heavy atom. The summed E-state index contributed by atoms with van der Waals surface area (Å²) < 4.78 is 3.14. The zero-order valence-electron chi connectivity index (χ0n) is 16.4. The SMILES string of the molecule is CCCCn1c(=O)c2sccc2n(CC(=O)Nc2ccc(C(C)C)cc2)c1=O. The van der Waals surface area contributed by atoms with E-state index >= 15 is 0 Å². The minimum Gasteiger partial charge on any atom is -0.325 e. The number of benzene rings is 1. The van der Waals surface area contributed by atoms with Crippen LogP contribution in [0.1, 0.15) is 45.1 Å². The van der Waals surface area contributed by atoms with Crippen LogP contribution in [0, 0.1) is 0 Å². The van der Waals surface area contributed by atoms with E-state index in [0.717, 1.165) is 12.8 Å². The van der Waals surface area contributed by atoms with Crippen LogP contribution in [0.15, 0.2) is 45.3 Å². The van der Waals surface area contributed by atoms with E-state index in [2.05, 4.69) is 19.2 Å². The van der Waals surface area contributed by atoms with Crippen LogP contribution in [-0.4, -0.2) is 15.0 Å². The van der Waals surface area contributed by atoms with Gasteiger partial charge >= 0.3 is 5.69 Å². The number of rotatable bonds is 7. The smallest absolute Gasteiger partial charge is 0.325 e. The largest absolute Gasteiger partial charge is 0.332 e. The first-order valence-electron chi connectivity index (χ1n) is 9.53. The van der Waals surface area contributed by atoms with E-state index in [4.69, 9.17) is 0 Å². The lowest BCUT2D eigenvalue weighted by Gasteiger charge is -2.13. The monoisotopic (exact) mass is 399 g/mol. The summed E-state index contributed by atoms with van der Waals surface area (Å²) in [5.41, 5.74) is 1.68. The molecular formula is C21H25N3O3S. The van der Waals surface area contributed by atoms with Crippen molar-refractivity contribution in [3.63, 3.8) is 0 Å². The molecule has 2 heterocycles. The molecular weight excluding hydrogens is 374 g/mol. The summed E-state index contributed by atoms with van der Waals surface area (Å²) in [5, 5.41) is 4.61. The van der Waals surface area contributed by atoms with Crippen LogP contribution in [0.25, 0.3) is 10.2 Å². The molecule has 3 aromatic rings. The fraction of sp³-hybridized carbons (Fsp3) is 0.381. The summed E-state index contributed by atoms with van der Waals surface area (Å²) in [7, 11) is 0. The average molecular weight is 400 g/mol. The summed E-state index contributed by atoms with van der Waals surface area (Å²) in [6.45, 7) is 6.45. The number of thiophene rings is 1. The van der Waals surface area contributed by atoms with Crippen molar-refractivity contribution in [3.8, 4) is 0 Å². The molecule has 3 rings (SSSR count). The van der Waals surface area contributed by atoms with Gasteiger partial charge in [0, 0.05) is 12.2 Å². The third kappa shape index (κ3) is 4.09. The van der Waals surface area contributed by atoms with E-state index in [1.807, 2.05) is 31.2 Å². The second-order valence-electron chi connectivity index (χ2n) is 7.14. The van der Waals surface area contributed by atoms with Crippen molar-refractivity contribution in [2.45, 2.75) is 52.6 Å². The number of hydrogen-bond acceptors (Lipinski definition) is 4. The number of carbonyl (C=O) groups is 1. The summed E-state index contributed by atoms with van der Waals surface area (Å²) in [6.07, 6.45) is 1.61. The Labute approximate surface area is 167 Å². The zero-order valence-corrected chi connectivity index (χ0v) is 17.2. The predicted molar refractivity (Wildman–Crippen MR) is 114 cm³/mol. The zero-order chi connectivity index (χ0) is 20.3. The molecule has 0 aliphatic rings. The van der Waals surface area contributed by atoms with Crippen LogP contribution >= 0.6 is 11.3 Å². The predicted octanol–water partition coefficient (Wildman–Crippen LogP) is 3.79. The molecule has 0 fully saturated rings. The van der Waals surface area contributed by atoms with E-state index in [0.29, 0.717) is 28.4 Å². The molecule has 0 spiro atoms. The van der Waals surface area contributed by atoms with Crippen molar-refractivity contribution in [3.05, 3.63) is 62.1 Å². The van der Waals surface area contributed by atoms with E-state index in [9.17, 15) is 14.4 Å². The highest BCUT2D eigenvalue weighted by Crippen LogP contribution is 2.18. The van der Waals surface area contributed by atoms with E-state index in [-0.39, 0.29) is 18.0 Å². The van der Waals surface area contributed by atoms with Crippen molar-refractivity contribution in [2.24, 2.45) is 0 Å². The molecule has 28 heavy (non-hydrogen) atoms. The Kier molecular flexibility index (Phi) is 6.14. The highest BCUT2D eigenvalue weighted by molar-refractivity contribution is 7.17. The number of carbonyl (C=O) groups excluding carboxylic acids is 1. The normalized spacial score (nSPS) is 11.3. The number of fused-ring (bicyclic) bond motifs is 1. The Morgan fingerprint density at radius 3 is 2.46 bits per heavy atom. The Bertz CT molecular complexity index is 1090. The maximum atomic E-state index is 12.9. The average Bonchev–Trinajstić information content (AvgIpc) is 3.15. The number of amides is 1. The van der Waals surface area contributed by atoms with Crippen molar-refractivity contribution < 1.29 is 4.79 Å². The topological polar surface area (TPSA) is 73.1 Å². The molecule has 0 atom stereocenters. The van der Waals surface area contributed by atoms with Gasteiger partial charge in [-0.1, -0.05) is 39.3 Å². The molecule has 0 radical (unpaired) electrons. The summed E-state index contributed by atoms with van der Waals surface area (Å²) in [6, 6.07) is 9.40. The van der Waals surface area contributed by atoms with Gasteiger partial charge in [-0.25, -0.2) is 4.79 Å². The fourth-order valence-corrected chi connectivity index (χ4v) is 3.94. The molecule has 0 aliphatic carbocycles. The van der Waals surface area contributed by atoms with Crippen LogP contribution in [-0.2, 0) is 17.9 Å². The standard InChI is InChI=1S/C21H25N3O3S/c1-4-5-11-23-20(26)19-17(10-12-28-19)24(21(23)27)13-18(25)22-16-8-6-15(7-9-16)14(2)3/h6-10,12,14H,4-5,11,13H2,1-3H3,(H,22,25). The quantitative estimate of drug-likeness (QED) is 0.657. The molecule has 148 valence electrons. The van der Waals surface area contributed by atoms with Gasteiger partial charge in [0.05, 0.1) is 5.52 Å². The highest BCUT2D eigenvalue weighted by Gasteiger charge is 2.16. The molecule has 0 aliphatic heterocycles. The van der Waals surface area contributed by atoms with Gasteiger partial charge in [0.25, 0.3) is 5.56 Å². The lowest BCUT2D eigenvalue weighted by atomic mass is 10.0. The van der Waals surface area contributed by atoms with Gasteiger partial charge in [-0.3, -0.25) is 18.7 Å². The third-order valence-corrected chi connectivity index (χ3v) is 5.63. The minimum atomic E-state index is -0.436.